The number of carbonyl (C=O) groups is 1. The molecule has 0 saturated heterocycles. The molecule has 1 rings (SSSR count). The van der Waals surface area contributed by atoms with Gasteiger partial charge in [-0.1, -0.05) is 29.3 Å². The minimum Gasteiger partial charge on any atom is -0.392 e. The summed E-state index contributed by atoms with van der Waals surface area (Å²) in [6.45, 7) is 1.82. The Morgan fingerprint density at radius 3 is 2.82 bits per heavy atom. The molecule has 0 aliphatic carbocycles. The van der Waals surface area contributed by atoms with Crippen molar-refractivity contribution in [2.24, 2.45) is 0 Å². The Morgan fingerprint density at radius 2 is 2.24 bits per heavy atom. The third-order valence-corrected chi connectivity index (χ3v) is 2.51. The summed E-state index contributed by atoms with van der Waals surface area (Å²) in [4.78, 5) is 11.3. The molecule has 0 spiro atoms. The molecule has 0 aliphatic heterocycles. The van der Waals surface area contributed by atoms with E-state index in [0.717, 1.165) is 0 Å². The third kappa shape index (κ3) is 5.22. The maximum absolute atomic E-state index is 11.3. The minimum atomic E-state index is -0.563. The fourth-order valence-electron chi connectivity index (χ4n) is 1.11. The van der Waals surface area contributed by atoms with Crippen molar-refractivity contribution >= 4 is 35.2 Å². The average molecular weight is 274 g/mol. The lowest BCUT2D eigenvalue weighted by atomic mass is 10.2. The summed E-state index contributed by atoms with van der Waals surface area (Å²) in [5.41, 5.74) is 0.711. The highest BCUT2D eigenvalue weighted by Crippen LogP contribution is 2.21. The largest absolute Gasteiger partial charge is 0.392 e. The lowest BCUT2D eigenvalue weighted by molar-refractivity contribution is -0.116. The Morgan fingerprint density at radius 1 is 1.53 bits per heavy atom. The number of rotatable bonds is 4. The minimum absolute atomic E-state index is 0.220. The number of hydrogen-bond donors (Lipinski definition) is 2. The summed E-state index contributed by atoms with van der Waals surface area (Å²) in [5, 5.41) is 12.6. The maximum atomic E-state index is 11.3. The lowest BCUT2D eigenvalue weighted by Crippen LogP contribution is -2.28. The molecule has 1 aromatic carbocycles. The zero-order chi connectivity index (χ0) is 12.8. The molecule has 0 aromatic heterocycles. The normalized spacial score (nSPS) is 12.7. The van der Waals surface area contributed by atoms with E-state index < -0.39 is 6.10 Å². The summed E-state index contributed by atoms with van der Waals surface area (Å²) in [6.07, 6.45) is 2.39. The van der Waals surface area contributed by atoms with Crippen LogP contribution in [-0.2, 0) is 4.79 Å². The second-order valence-electron chi connectivity index (χ2n) is 3.59. The first-order chi connectivity index (χ1) is 7.99. The zero-order valence-corrected chi connectivity index (χ0v) is 10.8. The Labute approximate surface area is 110 Å². The number of amides is 1. The Bertz CT molecular complexity index is 431. The number of benzene rings is 1. The second kappa shape index (κ2) is 6.64. The highest BCUT2D eigenvalue weighted by Gasteiger charge is 2.00. The first-order valence-corrected chi connectivity index (χ1v) is 5.83. The van der Waals surface area contributed by atoms with Crippen LogP contribution < -0.4 is 5.32 Å². The Balaban J connectivity index is 2.61. The zero-order valence-electron chi connectivity index (χ0n) is 9.28. The molecule has 0 aliphatic rings. The topological polar surface area (TPSA) is 49.3 Å². The van der Waals surface area contributed by atoms with Crippen molar-refractivity contribution in [2.75, 3.05) is 6.54 Å². The monoisotopic (exact) mass is 273 g/mol. The van der Waals surface area contributed by atoms with E-state index in [0.29, 0.717) is 15.6 Å². The number of carbonyl (C=O) groups excluding carboxylic acids is 1. The standard InChI is InChI=1S/C12H13Cl2NO2/c1-8(16)7-15-12(17)5-3-9-2-4-10(13)6-11(9)14/h2-6,8,16H,7H2,1H3,(H,15,17)/b5-3+/t8-/m0/s1. The van der Waals surface area contributed by atoms with E-state index >= 15 is 0 Å². The van der Waals surface area contributed by atoms with Gasteiger partial charge >= 0.3 is 0 Å². The molecule has 1 atom stereocenters. The Hall–Kier alpha value is -1.03. The Kier molecular flexibility index (Phi) is 5.48. The molecule has 92 valence electrons. The SMILES string of the molecule is C[C@H](O)CNC(=O)/C=C/c1ccc(Cl)cc1Cl. The second-order valence-corrected chi connectivity index (χ2v) is 4.44. The van der Waals surface area contributed by atoms with E-state index in [1.165, 1.54) is 6.08 Å². The van der Waals surface area contributed by atoms with E-state index in [1.807, 2.05) is 0 Å². The molecule has 0 bridgehead atoms. The van der Waals surface area contributed by atoms with Gasteiger partial charge in [-0.05, 0) is 30.7 Å². The van der Waals surface area contributed by atoms with E-state index in [2.05, 4.69) is 5.32 Å². The van der Waals surface area contributed by atoms with Gasteiger partial charge in [0.05, 0.1) is 6.10 Å². The molecule has 1 aromatic rings. The van der Waals surface area contributed by atoms with Gasteiger partial charge in [-0.3, -0.25) is 4.79 Å². The van der Waals surface area contributed by atoms with Gasteiger partial charge in [0.25, 0.3) is 0 Å². The van der Waals surface area contributed by atoms with Crippen LogP contribution in [0.5, 0.6) is 0 Å². The van der Waals surface area contributed by atoms with Crippen molar-refractivity contribution in [2.45, 2.75) is 13.0 Å². The smallest absolute Gasteiger partial charge is 0.244 e. The predicted molar refractivity (Wildman–Crippen MR) is 70.2 cm³/mol. The van der Waals surface area contributed by atoms with Crippen molar-refractivity contribution in [3.63, 3.8) is 0 Å². The highest BCUT2D eigenvalue weighted by molar-refractivity contribution is 6.35. The van der Waals surface area contributed by atoms with Crippen molar-refractivity contribution in [3.8, 4) is 0 Å². The van der Waals surface area contributed by atoms with Crippen LogP contribution in [0.2, 0.25) is 10.0 Å². The van der Waals surface area contributed by atoms with Crippen molar-refractivity contribution in [1.29, 1.82) is 0 Å². The van der Waals surface area contributed by atoms with Gasteiger partial charge < -0.3 is 10.4 Å². The highest BCUT2D eigenvalue weighted by atomic mass is 35.5. The van der Waals surface area contributed by atoms with Gasteiger partial charge in [0.15, 0.2) is 0 Å². The van der Waals surface area contributed by atoms with Crippen LogP contribution in [0.4, 0.5) is 0 Å². The molecule has 17 heavy (non-hydrogen) atoms. The summed E-state index contributed by atoms with van der Waals surface area (Å²) >= 11 is 11.7. The van der Waals surface area contributed by atoms with E-state index in [4.69, 9.17) is 28.3 Å². The van der Waals surface area contributed by atoms with Crippen LogP contribution in [0.3, 0.4) is 0 Å². The van der Waals surface area contributed by atoms with Gasteiger partial charge in [-0.15, -0.1) is 0 Å². The van der Waals surface area contributed by atoms with Crippen molar-refractivity contribution < 1.29 is 9.90 Å². The number of halogens is 2. The number of aliphatic hydroxyl groups excluding tert-OH is 1. The number of aliphatic hydroxyl groups is 1. The van der Waals surface area contributed by atoms with Gasteiger partial charge in [-0.2, -0.15) is 0 Å². The van der Waals surface area contributed by atoms with Gasteiger partial charge in [-0.25, -0.2) is 0 Å². The van der Waals surface area contributed by atoms with Crippen LogP contribution in [0, 0.1) is 0 Å². The third-order valence-electron chi connectivity index (χ3n) is 1.95. The molecule has 0 fully saturated rings. The van der Waals surface area contributed by atoms with Crippen LogP contribution in [0.15, 0.2) is 24.3 Å². The first-order valence-electron chi connectivity index (χ1n) is 5.08. The predicted octanol–water partition coefficient (Wildman–Crippen LogP) is 2.50. The first kappa shape index (κ1) is 14.0. The maximum Gasteiger partial charge on any atom is 0.244 e. The summed E-state index contributed by atoms with van der Waals surface area (Å²) < 4.78 is 0. The quantitative estimate of drug-likeness (QED) is 0.829. The molecule has 0 heterocycles. The van der Waals surface area contributed by atoms with Gasteiger partial charge in [0.2, 0.25) is 5.91 Å². The van der Waals surface area contributed by atoms with Crippen molar-refractivity contribution in [3.05, 3.63) is 39.9 Å². The average Bonchev–Trinajstić information content (AvgIpc) is 2.25. The van der Waals surface area contributed by atoms with Gasteiger partial charge in [0, 0.05) is 22.7 Å². The molecule has 1 amide bonds. The number of hydrogen-bond acceptors (Lipinski definition) is 2. The molecule has 5 heteroatoms. The summed E-state index contributed by atoms with van der Waals surface area (Å²) in [6, 6.07) is 5.03. The van der Waals surface area contributed by atoms with E-state index in [9.17, 15) is 4.79 Å². The van der Waals surface area contributed by atoms with E-state index in [1.54, 1.807) is 31.2 Å². The summed E-state index contributed by atoms with van der Waals surface area (Å²) in [5.74, 6) is -0.281. The molecule has 0 radical (unpaired) electrons. The van der Waals surface area contributed by atoms with Crippen LogP contribution in [-0.4, -0.2) is 23.7 Å². The van der Waals surface area contributed by atoms with Gasteiger partial charge in [0.1, 0.15) is 0 Å². The van der Waals surface area contributed by atoms with Crippen LogP contribution >= 0.6 is 23.2 Å². The van der Waals surface area contributed by atoms with Crippen LogP contribution in [0.25, 0.3) is 6.08 Å². The molecule has 0 saturated carbocycles. The van der Waals surface area contributed by atoms with Crippen molar-refractivity contribution in [1.82, 2.24) is 5.32 Å². The molecule has 3 nitrogen and oxygen atoms in total. The molecule has 0 unspecified atom stereocenters. The van der Waals surface area contributed by atoms with E-state index in [-0.39, 0.29) is 12.5 Å². The lowest BCUT2D eigenvalue weighted by Gasteiger charge is -2.04. The van der Waals surface area contributed by atoms with Crippen LogP contribution in [0.1, 0.15) is 12.5 Å². The molecular weight excluding hydrogens is 261 g/mol. The summed E-state index contributed by atoms with van der Waals surface area (Å²) in [7, 11) is 0. The molecule has 2 N–H and O–H groups in total. The number of nitrogens with one attached hydrogen (secondary N) is 1. The fraction of sp³-hybridized carbons (Fsp3) is 0.250. The molecular formula is C12H13Cl2NO2. The fourth-order valence-corrected chi connectivity index (χ4v) is 1.58.